The maximum Gasteiger partial charge on any atom is 0.173 e. The Labute approximate surface area is 156 Å². The van der Waals surface area contributed by atoms with Gasteiger partial charge in [0.15, 0.2) is 5.65 Å². The van der Waals surface area contributed by atoms with Gasteiger partial charge in [0.05, 0.1) is 10.7 Å². The van der Waals surface area contributed by atoms with Crippen LogP contribution in [0.15, 0.2) is 41.3 Å². The Morgan fingerprint density at radius 1 is 1.28 bits per heavy atom. The molecule has 1 saturated carbocycles. The Morgan fingerprint density at radius 2 is 2.12 bits per heavy atom. The molecule has 3 heterocycles. The van der Waals surface area contributed by atoms with E-state index >= 15 is 0 Å². The van der Waals surface area contributed by atoms with Gasteiger partial charge in [-0.1, -0.05) is 19.9 Å². The lowest BCUT2D eigenvalue weighted by Crippen LogP contribution is -2.27. The van der Waals surface area contributed by atoms with Gasteiger partial charge in [0.2, 0.25) is 0 Å². The first-order valence-electron chi connectivity index (χ1n) is 8.73. The summed E-state index contributed by atoms with van der Waals surface area (Å²) in [6.45, 7) is 4.69. The molecule has 6 nitrogen and oxygen atoms in total. The molecular formula is C18H23BrN6. The van der Waals surface area contributed by atoms with Crippen LogP contribution in [0.2, 0.25) is 0 Å². The van der Waals surface area contributed by atoms with Crippen molar-refractivity contribution in [2.45, 2.75) is 45.7 Å². The van der Waals surface area contributed by atoms with Crippen molar-refractivity contribution in [1.82, 2.24) is 19.6 Å². The third-order valence-electron chi connectivity index (χ3n) is 4.08. The Bertz CT molecular complexity index is 813. The highest BCUT2D eigenvalue weighted by Gasteiger charge is 2.18. The monoisotopic (exact) mass is 402 g/mol. The Morgan fingerprint density at radius 3 is 2.80 bits per heavy atom. The fourth-order valence-electron chi connectivity index (χ4n) is 2.59. The van der Waals surface area contributed by atoms with E-state index in [0.29, 0.717) is 12.6 Å². The first-order valence-corrected chi connectivity index (χ1v) is 9.52. The van der Waals surface area contributed by atoms with Gasteiger partial charge < -0.3 is 10.6 Å². The number of hydrogen-bond acceptors (Lipinski definition) is 5. The molecule has 132 valence electrons. The molecule has 25 heavy (non-hydrogen) atoms. The number of rotatable bonds is 5. The second-order valence-electron chi connectivity index (χ2n) is 5.74. The average Bonchev–Trinajstić information content (AvgIpc) is 3.00. The van der Waals surface area contributed by atoms with Crippen molar-refractivity contribution in [3.05, 3.63) is 46.8 Å². The van der Waals surface area contributed by atoms with Crippen molar-refractivity contribution in [3.8, 4) is 0 Å². The van der Waals surface area contributed by atoms with E-state index in [-0.39, 0.29) is 0 Å². The fraction of sp³-hybridized carbons (Fsp3) is 0.389. The Balaban J connectivity index is 0.000000880. The van der Waals surface area contributed by atoms with E-state index in [2.05, 4.69) is 41.6 Å². The minimum absolute atomic E-state index is 0.540. The minimum Gasteiger partial charge on any atom is -0.367 e. The van der Waals surface area contributed by atoms with E-state index in [0.717, 1.165) is 27.3 Å². The topological polar surface area (TPSA) is 67.1 Å². The van der Waals surface area contributed by atoms with Gasteiger partial charge in [-0.2, -0.15) is 9.61 Å². The van der Waals surface area contributed by atoms with Gasteiger partial charge in [0.25, 0.3) is 0 Å². The Hall–Kier alpha value is -2.15. The molecule has 3 aromatic heterocycles. The fourth-order valence-corrected chi connectivity index (χ4v) is 2.94. The van der Waals surface area contributed by atoms with Gasteiger partial charge in [-0.15, -0.1) is 0 Å². The van der Waals surface area contributed by atoms with Crippen LogP contribution in [0.3, 0.4) is 0 Å². The molecule has 0 aromatic carbocycles. The lowest BCUT2D eigenvalue weighted by Gasteiger charge is -2.27. The summed E-state index contributed by atoms with van der Waals surface area (Å²) in [5.74, 6) is 1.79. The van der Waals surface area contributed by atoms with Crippen LogP contribution in [-0.4, -0.2) is 25.6 Å². The molecule has 4 rings (SSSR count). The molecule has 1 aliphatic carbocycles. The van der Waals surface area contributed by atoms with Crippen molar-refractivity contribution < 1.29 is 0 Å². The first kappa shape index (κ1) is 17.7. The summed E-state index contributed by atoms with van der Waals surface area (Å²) in [6.07, 6.45) is 9.13. The van der Waals surface area contributed by atoms with E-state index < -0.39 is 0 Å². The maximum atomic E-state index is 4.66. The molecule has 0 aliphatic heterocycles. The third-order valence-corrected chi connectivity index (χ3v) is 4.64. The SMILES string of the molecule is Brc1cnn2c(NCc3cccnc3)cc(NC3CCC3)nc12.CC. The molecule has 0 atom stereocenters. The van der Waals surface area contributed by atoms with Crippen molar-refractivity contribution in [2.75, 3.05) is 10.6 Å². The summed E-state index contributed by atoms with van der Waals surface area (Å²) < 4.78 is 2.70. The predicted molar refractivity (Wildman–Crippen MR) is 105 cm³/mol. The van der Waals surface area contributed by atoms with Crippen LogP contribution in [0.25, 0.3) is 5.65 Å². The zero-order valence-corrected chi connectivity index (χ0v) is 16.1. The highest BCUT2D eigenvalue weighted by atomic mass is 79.9. The van der Waals surface area contributed by atoms with Gasteiger partial charge in [-0.3, -0.25) is 4.98 Å². The zero-order chi connectivity index (χ0) is 17.6. The normalized spacial score (nSPS) is 13.7. The summed E-state index contributed by atoms with van der Waals surface area (Å²) in [4.78, 5) is 8.81. The molecule has 0 radical (unpaired) electrons. The highest BCUT2D eigenvalue weighted by Crippen LogP contribution is 2.26. The zero-order valence-electron chi connectivity index (χ0n) is 14.5. The number of anilines is 2. The van der Waals surface area contributed by atoms with Crippen LogP contribution in [0, 0.1) is 0 Å². The molecule has 7 heteroatoms. The van der Waals surface area contributed by atoms with E-state index in [9.17, 15) is 0 Å². The Kier molecular flexibility index (Phi) is 5.86. The van der Waals surface area contributed by atoms with Crippen LogP contribution >= 0.6 is 15.9 Å². The number of hydrogen-bond donors (Lipinski definition) is 2. The number of halogens is 1. The predicted octanol–water partition coefficient (Wildman–Crippen LogP) is 4.49. The quantitative estimate of drug-likeness (QED) is 0.657. The van der Waals surface area contributed by atoms with E-state index in [1.807, 2.05) is 42.8 Å². The van der Waals surface area contributed by atoms with Gasteiger partial charge in [0, 0.05) is 31.0 Å². The van der Waals surface area contributed by atoms with Crippen LogP contribution in [0.5, 0.6) is 0 Å². The van der Waals surface area contributed by atoms with E-state index in [1.165, 1.54) is 19.3 Å². The number of nitrogens with one attached hydrogen (secondary N) is 2. The van der Waals surface area contributed by atoms with Crippen molar-refractivity contribution >= 4 is 33.2 Å². The molecule has 1 fully saturated rings. The summed E-state index contributed by atoms with van der Waals surface area (Å²) in [5, 5.41) is 11.3. The number of fused-ring (bicyclic) bond motifs is 1. The lowest BCUT2D eigenvalue weighted by molar-refractivity contribution is 0.444. The smallest absolute Gasteiger partial charge is 0.173 e. The molecule has 1 aliphatic rings. The van der Waals surface area contributed by atoms with Crippen LogP contribution in [0.1, 0.15) is 38.7 Å². The highest BCUT2D eigenvalue weighted by molar-refractivity contribution is 9.10. The summed E-state index contributed by atoms with van der Waals surface area (Å²) in [6, 6.07) is 6.54. The second-order valence-corrected chi connectivity index (χ2v) is 6.60. The van der Waals surface area contributed by atoms with E-state index in [4.69, 9.17) is 0 Å². The molecule has 0 amide bonds. The van der Waals surface area contributed by atoms with Gasteiger partial charge in [-0.25, -0.2) is 4.98 Å². The molecule has 0 bridgehead atoms. The third kappa shape index (κ3) is 4.10. The molecule has 0 unspecified atom stereocenters. The maximum absolute atomic E-state index is 4.66. The van der Waals surface area contributed by atoms with Gasteiger partial charge in [0.1, 0.15) is 11.6 Å². The lowest BCUT2D eigenvalue weighted by atomic mass is 9.93. The summed E-state index contributed by atoms with van der Waals surface area (Å²) in [5.41, 5.74) is 1.93. The first-order chi connectivity index (χ1) is 12.3. The number of aromatic nitrogens is 4. The minimum atomic E-state index is 0.540. The molecule has 3 aromatic rings. The molecule has 0 spiro atoms. The van der Waals surface area contributed by atoms with Gasteiger partial charge in [-0.05, 0) is 46.8 Å². The average molecular weight is 403 g/mol. The van der Waals surface area contributed by atoms with Gasteiger partial charge >= 0.3 is 0 Å². The largest absolute Gasteiger partial charge is 0.367 e. The van der Waals surface area contributed by atoms with Crippen LogP contribution in [-0.2, 0) is 6.54 Å². The van der Waals surface area contributed by atoms with Crippen LogP contribution in [0.4, 0.5) is 11.6 Å². The molecule has 0 saturated heterocycles. The number of pyridine rings is 1. The molecular weight excluding hydrogens is 380 g/mol. The molecule has 2 N–H and O–H groups in total. The van der Waals surface area contributed by atoms with Crippen LogP contribution < -0.4 is 10.6 Å². The van der Waals surface area contributed by atoms with Crippen molar-refractivity contribution in [3.63, 3.8) is 0 Å². The van der Waals surface area contributed by atoms with E-state index in [1.54, 1.807) is 12.4 Å². The van der Waals surface area contributed by atoms with Crippen molar-refractivity contribution in [1.29, 1.82) is 0 Å². The van der Waals surface area contributed by atoms with Crippen molar-refractivity contribution in [2.24, 2.45) is 0 Å². The summed E-state index contributed by atoms with van der Waals surface area (Å²) >= 11 is 3.52. The summed E-state index contributed by atoms with van der Waals surface area (Å²) in [7, 11) is 0. The standard InChI is InChI=1S/C16H17BrN6.C2H6/c17-13-10-20-23-15(19-9-11-3-2-6-18-8-11)7-14(22-16(13)23)21-12-4-1-5-12;1-2/h2-3,6-8,10,12,19H,1,4-5,9H2,(H,21,22);1-2H3. The number of nitrogens with zero attached hydrogens (tertiary/aromatic N) is 4. The second kappa shape index (κ2) is 8.29.